The third-order valence-corrected chi connectivity index (χ3v) is 3.36. The van der Waals surface area contributed by atoms with Crippen LogP contribution in [0.4, 0.5) is 4.79 Å². The average molecular weight is 332 g/mol. The first-order valence-corrected chi connectivity index (χ1v) is 7.58. The molecule has 0 aliphatic carbocycles. The van der Waals surface area contributed by atoms with E-state index in [0.717, 1.165) is 11.1 Å². The highest BCUT2D eigenvalue weighted by Gasteiger charge is 2.05. The SMILES string of the molecule is O=C(CNC(=O)NCc1ccccc1)NCc1ccc(Cl)cc1. The van der Waals surface area contributed by atoms with E-state index >= 15 is 0 Å². The summed E-state index contributed by atoms with van der Waals surface area (Å²) < 4.78 is 0. The number of amides is 3. The molecule has 0 saturated carbocycles. The molecule has 2 rings (SSSR count). The molecule has 0 heterocycles. The number of hydrogen-bond acceptors (Lipinski definition) is 2. The van der Waals surface area contributed by atoms with Crippen LogP contribution in [-0.4, -0.2) is 18.5 Å². The highest BCUT2D eigenvalue weighted by Crippen LogP contribution is 2.08. The monoisotopic (exact) mass is 331 g/mol. The van der Waals surface area contributed by atoms with E-state index in [1.54, 1.807) is 12.1 Å². The molecule has 3 N–H and O–H groups in total. The van der Waals surface area contributed by atoms with E-state index in [0.29, 0.717) is 18.1 Å². The molecule has 0 fully saturated rings. The van der Waals surface area contributed by atoms with Gasteiger partial charge < -0.3 is 16.0 Å². The standard InChI is InChI=1S/C17H18ClN3O2/c18-15-8-6-14(7-9-15)10-19-16(22)12-21-17(23)20-11-13-4-2-1-3-5-13/h1-9H,10-12H2,(H,19,22)(H2,20,21,23). The van der Waals surface area contributed by atoms with Crippen molar-refractivity contribution >= 4 is 23.5 Å². The van der Waals surface area contributed by atoms with Crippen LogP contribution in [0.2, 0.25) is 5.02 Å². The number of rotatable bonds is 6. The van der Waals surface area contributed by atoms with E-state index in [1.807, 2.05) is 42.5 Å². The number of carbonyl (C=O) groups is 2. The van der Waals surface area contributed by atoms with E-state index < -0.39 is 0 Å². The molecule has 0 saturated heterocycles. The van der Waals surface area contributed by atoms with Gasteiger partial charge in [0.1, 0.15) is 0 Å². The average Bonchev–Trinajstić information content (AvgIpc) is 2.58. The predicted octanol–water partition coefficient (Wildman–Crippen LogP) is 2.46. The largest absolute Gasteiger partial charge is 0.350 e. The van der Waals surface area contributed by atoms with Crippen LogP contribution in [-0.2, 0) is 17.9 Å². The van der Waals surface area contributed by atoms with Crippen LogP contribution >= 0.6 is 11.6 Å². The minimum Gasteiger partial charge on any atom is -0.350 e. The third-order valence-electron chi connectivity index (χ3n) is 3.11. The van der Waals surface area contributed by atoms with E-state index in [-0.39, 0.29) is 18.5 Å². The van der Waals surface area contributed by atoms with Gasteiger partial charge in [-0.1, -0.05) is 54.1 Å². The van der Waals surface area contributed by atoms with Gasteiger partial charge in [0.25, 0.3) is 0 Å². The number of urea groups is 1. The Morgan fingerprint density at radius 1 is 0.783 bits per heavy atom. The zero-order chi connectivity index (χ0) is 16.5. The topological polar surface area (TPSA) is 70.2 Å². The summed E-state index contributed by atoms with van der Waals surface area (Å²) in [5, 5.41) is 8.58. The van der Waals surface area contributed by atoms with Crippen molar-refractivity contribution in [3.8, 4) is 0 Å². The quantitative estimate of drug-likeness (QED) is 0.761. The second-order valence-corrected chi connectivity index (χ2v) is 5.36. The summed E-state index contributed by atoms with van der Waals surface area (Å²) in [7, 11) is 0. The van der Waals surface area contributed by atoms with Crippen LogP contribution in [0.15, 0.2) is 54.6 Å². The van der Waals surface area contributed by atoms with E-state index in [4.69, 9.17) is 11.6 Å². The molecule has 0 aliphatic rings. The summed E-state index contributed by atoms with van der Waals surface area (Å²) in [6.45, 7) is 0.733. The van der Waals surface area contributed by atoms with Gasteiger partial charge in [0.2, 0.25) is 5.91 Å². The summed E-state index contributed by atoms with van der Waals surface area (Å²) in [6, 6.07) is 16.4. The highest BCUT2D eigenvalue weighted by atomic mass is 35.5. The van der Waals surface area contributed by atoms with E-state index in [1.165, 1.54) is 0 Å². The molecular formula is C17H18ClN3O2. The summed E-state index contributed by atoms with van der Waals surface area (Å²) in [4.78, 5) is 23.3. The fourth-order valence-corrected chi connectivity index (χ4v) is 1.99. The first-order valence-electron chi connectivity index (χ1n) is 7.20. The van der Waals surface area contributed by atoms with E-state index in [9.17, 15) is 9.59 Å². The predicted molar refractivity (Wildman–Crippen MR) is 90.0 cm³/mol. The van der Waals surface area contributed by atoms with Gasteiger partial charge in [-0.05, 0) is 23.3 Å². The van der Waals surface area contributed by atoms with Crippen molar-refractivity contribution in [1.29, 1.82) is 0 Å². The second-order valence-electron chi connectivity index (χ2n) is 4.93. The normalized spacial score (nSPS) is 9.96. The second kappa shape index (κ2) is 8.80. The van der Waals surface area contributed by atoms with Crippen LogP contribution in [0, 0.1) is 0 Å². The number of benzene rings is 2. The molecule has 0 aliphatic heterocycles. The van der Waals surface area contributed by atoms with Crippen LogP contribution < -0.4 is 16.0 Å². The molecule has 0 unspecified atom stereocenters. The number of hydrogen-bond donors (Lipinski definition) is 3. The van der Waals surface area contributed by atoms with Crippen LogP contribution in [0.25, 0.3) is 0 Å². The molecule has 0 spiro atoms. The minimum absolute atomic E-state index is 0.0752. The van der Waals surface area contributed by atoms with Crippen LogP contribution in [0.1, 0.15) is 11.1 Å². The Kier molecular flexibility index (Phi) is 6.44. The van der Waals surface area contributed by atoms with E-state index in [2.05, 4.69) is 16.0 Å². The fourth-order valence-electron chi connectivity index (χ4n) is 1.87. The first kappa shape index (κ1) is 16.8. The van der Waals surface area contributed by atoms with Gasteiger partial charge in [-0.3, -0.25) is 4.79 Å². The lowest BCUT2D eigenvalue weighted by molar-refractivity contribution is -0.120. The molecular weight excluding hydrogens is 314 g/mol. The highest BCUT2D eigenvalue weighted by molar-refractivity contribution is 6.30. The summed E-state index contributed by atoms with van der Waals surface area (Å²) in [6.07, 6.45) is 0. The van der Waals surface area contributed by atoms with Crippen molar-refractivity contribution < 1.29 is 9.59 Å². The molecule has 0 bridgehead atoms. The molecule has 0 atom stereocenters. The minimum atomic E-state index is -0.379. The van der Waals surface area contributed by atoms with Crippen molar-refractivity contribution in [2.75, 3.05) is 6.54 Å². The lowest BCUT2D eigenvalue weighted by Gasteiger charge is -2.08. The van der Waals surface area contributed by atoms with Gasteiger partial charge in [-0.15, -0.1) is 0 Å². The maximum Gasteiger partial charge on any atom is 0.315 e. The van der Waals surface area contributed by atoms with Crippen LogP contribution in [0.5, 0.6) is 0 Å². The van der Waals surface area contributed by atoms with Gasteiger partial charge in [0.15, 0.2) is 0 Å². The van der Waals surface area contributed by atoms with Crippen molar-refractivity contribution in [2.24, 2.45) is 0 Å². The molecule has 23 heavy (non-hydrogen) atoms. The molecule has 6 heteroatoms. The fraction of sp³-hybridized carbons (Fsp3) is 0.176. The Hall–Kier alpha value is -2.53. The Morgan fingerprint density at radius 2 is 1.39 bits per heavy atom. The zero-order valence-corrected chi connectivity index (χ0v) is 13.3. The lowest BCUT2D eigenvalue weighted by Crippen LogP contribution is -2.41. The number of halogens is 1. The van der Waals surface area contributed by atoms with Gasteiger partial charge in [-0.2, -0.15) is 0 Å². The Labute approximate surface area is 140 Å². The van der Waals surface area contributed by atoms with Crippen molar-refractivity contribution in [3.05, 3.63) is 70.7 Å². The maximum atomic E-state index is 11.7. The van der Waals surface area contributed by atoms with Gasteiger partial charge in [0.05, 0.1) is 6.54 Å². The lowest BCUT2D eigenvalue weighted by atomic mass is 10.2. The summed E-state index contributed by atoms with van der Waals surface area (Å²) >= 11 is 5.79. The Balaban J connectivity index is 1.63. The first-order chi connectivity index (χ1) is 11.1. The number of carbonyl (C=O) groups excluding carboxylic acids is 2. The van der Waals surface area contributed by atoms with Crippen molar-refractivity contribution in [3.63, 3.8) is 0 Å². The smallest absolute Gasteiger partial charge is 0.315 e. The van der Waals surface area contributed by atoms with Gasteiger partial charge in [-0.25, -0.2) is 4.79 Å². The molecule has 2 aromatic carbocycles. The Morgan fingerprint density at radius 3 is 2.09 bits per heavy atom. The van der Waals surface area contributed by atoms with Crippen molar-refractivity contribution in [2.45, 2.75) is 13.1 Å². The Bertz CT molecular complexity index is 645. The summed E-state index contributed by atoms with van der Waals surface area (Å²) in [5.41, 5.74) is 1.94. The van der Waals surface area contributed by atoms with Gasteiger partial charge in [0, 0.05) is 18.1 Å². The van der Waals surface area contributed by atoms with Gasteiger partial charge >= 0.3 is 6.03 Å². The molecule has 3 amide bonds. The molecule has 5 nitrogen and oxygen atoms in total. The molecule has 0 radical (unpaired) electrons. The summed E-state index contributed by atoms with van der Waals surface area (Å²) in [5.74, 6) is -0.255. The maximum absolute atomic E-state index is 11.7. The van der Waals surface area contributed by atoms with Crippen LogP contribution in [0.3, 0.4) is 0 Å². The third kappa shape index (κ3) is 6.40. The molecule has 120 valence electrons. The number of nitrogens with one attached hydrogen (secondary N) is 3. The molecule has 0 aromatic heterocycles. The zero-order valence-electron chi connectivity index (χ0n) is 12.5. The van der Waals surface area contributed by atoms with Crippen molar-refractivity contribution in [1.82, 2.24) is 16.0 Å². The molecule has 2 aromatic rings.